The van der Waals surface area contributed by atoms with Gasteiger partial charge in [-0.15, -0.1) is 4.48 Å². The van der Waals surface area contributed by atoms with Crippen molar-refractivity contribution in [1.29, 1.82) is 0 Å². The Hall–Kier alpha value is -1.18. The van der Waals surface area contributed by atoms with Crippen molar-refractivity contribution in [2.45, 2.75) is 67.0 Å². The highest BCUT2D eigenvalue weighted by Gasteiger charge is 2.94. The van der Waals surface area contributed by atoms with Crippen molar-refractivity contribution in [3.05, 3.63) is 0 Å². The third kappa shape index (κ3) is 4.45. The number of hydrogen-bond donors (Lipinski definition) is 1. The second-order valence-electron chi connectivity index (χ2n) is 6.44. The van der Waals surface area contributed by atoms with E-state index in [1.807, 2.05) is 0 Å². The predicted octanol–water partition coefficient (Wildman–Crippen LogP) is 5.09. The normalized spacial score (nSPS) is 17.4. The molecule has 0 saturated carbocycles. The molecule has 200 valence electrons. The van der Waals surface area contributed by atoms with Crippen molar-refractivity contribution >= 4 is 10.0 Å². The van der Waals surface area contributed by atoms with E-state index < -0.39 is 87.8 Å². The van der Waals surface area contributed by atoms with Crippen LogP contribution in [0.1, 0.15) is 26.2 Å². The zero-order chi connectivity index (χ0) is 27.1. The van der Waals surface area contributed by atoms with Gasteiger partial charge in [0.15, 0.2) is 0 Å². The Balaban J connectivity index is 7.09. The van der Waals surface area contributed by atoms with Crippen molar-refractivity contribution in [3.8, 4) is 0 Å². The lowest BCUT2D eigenvalue weighted by Crippen LogP contribution is -2.74. The van der Waals surface area contributed by atoms with Gasteiger partial charge in [-0.2, -0.15) is 57.1 Å². The maximum atomic E-state index is 14.9. The van der Waals surface area contributed by atoms with Crippen molar-refractivity contribution in [3.63, 3.8) is 0 Å². The third-order valence-corrected chi connectivity index (χ3v) is 6.18. The van der Waals surface area contributed by atoms with E-state index in [9.17, 15) is 74.4 Å². The van der Waals surface area contributed by atoms with Crippen LogP contribution < -0.4 is 0 Å². The van der Waals surface area contributed by atoms with Gasteiger partial charge in [-0.25, -0.2) is 12.8 Å². The van der Waals surface area contributed by atoms with Crippen LogP contribution in [0.2, 0.25) is 0 Å². The smallest absolute Gasteiger partial charge is 0.395 e. The number of hydrogen-bond acceptors (Lipinski definition) is 3. The first-order valence-corrected chi connectivity index (χ1v) is 9.67. The zero-order valence-corrected chi connectivity index (χ0v) is 16.6. The number of aliphatic hydroxyl groups excluding tert-OH is 1. The fourth-order valence-corrected chi connectivity index (χ4v) is 3.70. The minimum atomic E-state index is -8.46. The highest BCUT2D eigenvalue weighted by Crippen LogP contribution is 2.63. The summed E-state index contributed by atoms with van der Waals surface area (Å²) in [5.41, 5.74) is 0. The number of alkyl halides is 14. The van der Waals surface area contributed by atoms with Crippen LogP contribution in [-0.4, -0.2) is 72.0 Å². The van der Waals surface area contributed by atoms with Gasteiger partial charge in [0, 0.05) is 6.42 Å². The minimum absolute atomic E-state index is 0.603. The van der Waals surface area contributed by atoms with Gasteiger partial charge in [0.05, 0.1) is 13.2 Å². The highest BCUT2D eigenvalue weighted by molar-refractivity contribution is 7.90. The van der Waals surface area contributed by atoms with Gasteiger partial charge < -0.3 is 5.11 Å². The monoisotopic (exact) mass is 549 g/mol. The van der Waals surface area contributed by atoms with Crippen LogP contribution >= 0.6 is 0 Å². The Bertz CT molecular complexity index is 782. The van der Waals surface area contributed by atoms with Crippen LogP contribution in [0.15, 0.2) is 0 Å². The molecule has 0 aliphatic carbocycles. The van der Waals surface area contributed by atoms with Crippen LogP contribution in [0.3, 0.4) is 0 Å². The summed E-state index contributed by atoms with van der Waals surface area (Å²) in [6.45, 7) is -2.69. The molecule has 1 unspecified atom stereocenters. The average Bonchev–Trinajstić information content (AvgIpc) is 2.64. The molecule has 1 N–H and O–H groups in total. The third-order valence-electron chi connectivity index (χ3n) is 4.20. The summed E-state index contributed by atoms with van der Waals surface area (Å²) in [5, 5.41) is 2.11. The highest BCUT2D eigenvalue weighted by atomic mass is 32.2. The summed E-state index contributed by atoms with van der Waals surface area (Å²) in [7, 11) is -7.22. The first-order valence-electron chi connectivity index (χ1n) is 8.23. The van der Waals surface area contributed by atoms with Crippen LogP contribution in [0.25, 0.3) is 0 Å². The summed E-state index contributed by atoms with van der Waals surface area (Å²) in [4.78, 5) is 0. The first kappa shape index (κ1) is 31.8. The van der Waals surface area contributed by atoms with Gasteiger partial charge in [0.1, 0.15) is 0 Å². The molecule has 0 radical (unpaired) electrons. The molecule has 0 spiro atoms. The SMILES string of the molecule is CCCCC(F)(C(F)(F)C(F)(F)C(F)(F)C(F)(F)C(F)(F)C(F)(F)F)S(=O)(=O)N(F)CCO. The Morgan fingerprint density at radius 3 is 1.39 bits per heavy atom. The second-order valence-corrected chi connectivity index (χ2v) is 8.44. The number of rotatable bonds is 12. The van der Waals surface area contributed by atoms with Crippen LogP contribution in [0, 0.1) is 0 Å². The minimum Gasteiger partial charge on any atom is -0.395 e. The van der Waals surface area contributed by atoms with Crippen LogP contribution in [-0.2, 0) is 10.0 Å². The Labute approximate surface area is 175 Å². The van der Waals surface area contributed by atoms with E-state index in [1.165, 1.54) is 0 Å². The summed E-state index contributed by atoms with van der Waals surface area (Å²) >= 11 is 0. The maximum absolute atomic E-state index is 14.9. The molecule has 0 aliphatic rings. The molecule has 0 saturated heterocycles. The molecular weight excluding hydrogens is 535 g/mol. The number of unbranched alkanes of at least 4 members (excludes halogenated alkanes) is 1. The quantitative estimate of drug-likeness (QED) is 0.273. The molecule has 33 heavy (non-hydrogen) atoms. The largest absolute Gasteiger partial charge is 0.460 e. The lowest BCUT2D eigenvalue weighted by Gasteiger charge is -2.43. The van der Waals surface area contributed by atoms with Crippen molar-refractivity contribution in [2.24, 2.45) is 0 Å². The van der Waals surface area contributed by atoms with Gasteiger partial charge in [0.25, 0.3) is 15.0 Å². The number of nitrogens with zero attached hydrogens (tertiary/aromatic N) is 1. The molecule has 4 nitrogen and oxygen atoms in total. The lowest BCUT2D eigenvalue weighted by molar-refractivity contribution is -0.444. The van der Waals surface area contributed by atoms with Crippen molar-refractivity contribution < 1.29 is 79.5 Å². The fourth-order valence-electron chi connectivity index (χ4n) is 2.21. The van der Waals surface area contributed by atoms with E-state index >= 15 is 0 Å². The first-order chi connectivity index (χ1) is 14.3. The maximum Gasteiger partial charge on any atom is 0.460 e. The van der Waals surface area contributed by atoms with Gasteiger partial charge in [0.2, 0.25) is 0 Å². The Morgan fingerprint density at radius 1 is 0.697 bits per heavy atom. The summed E-state index contributed by atoms with van der Waals surface area (Å²) < 4.78 is 222. The second kappa shape index (κ2) is 9.12. The molecule has 0 aromatic rings. The molecule has 0 aromatic carbocycles. The van der Waals surface area contributed by atoms with Crippen LogP contribution in [0.5, 0.6) is 0 Å². The van der Waals surface area contributed by atoms with Crippen molar-refractivity contribution in [2.75, 3.05) is 13.2 Å². The van der Waals surface area contributed by atoms with Crippen LogP contribution in [0.4, 0.5) is 65.9 Å². The molecule has 0 rings (SSSR count). The van der Waals surface area contributed by atoms with Gasteiger partial charge in [-0.1, -0.05) is 13.3 Å². The molecule has 0 aromatic heterocycles. The molecule has 0 fully saturated rings. The zero-order valence-electron chi connectivity index (χ0n) is 15.8. The Kier molecular flexibility index (Phi) is 8.79. The lowest BCUT2D eigenvalue weighted by atomic mass is 9.90. The predicted molar refractivity (Wildman–Crippen MR) is 78.0 cm³/mol. The molecule has 0 heterocycles. The van der Waals surface area contributed by atoms with E-state index in [0.29, 0.717) is 0 Å². The Morgan fingerprint density at radius 2 is 1.06 bits per heavy atom. The van der Waals surface area contributed by atoms with Crippen molar-refractivity contribution in [1.82, 2.24) is 4.53 Å². The van der Waals surface area contributed by atoms with Gasteiger partial charge in [-0.05, 0) is 10.9 Å². The van der Waals surface area contributed by atoms with Gasteiger partial charge >= 0.3 is 35.8 Å². The van der Waals surface area contributed by atoms with E-state index in [0.717, 1.165) is 6.92 Å². The van der Waals surface area contributed by atoms with E-state index in [1.54, 1.807) is 0 Å². The molecule has 20 heteroatoms. The van der Waals surface area contributed by atoms with E-state index in [4.69, 9.17) is 5.11 Å². The average molecular weight is 549 g/mol. The number of sulfonamides is 1. The number of halogens is 15. The summed E-state index contributed by atoms with van der Waals surface area (Å²) in [6, 6.07) is 0. The van der Waals surface area contributed by atoms with E-state index in [-0.39, 0.29) is 0 Å². The molecule has 1 atom stereocenters. The molecular formula is C13H14F15NO3S. The van der Waals surface area contributed by atoms with Gasteiger partial charge in [-0.3, -0.25) is 0 Å². The standard InChI is InChI=1S/C13H14F15NO3S/c1-2-3-4-7(14,33(31,32)29(28)5-6-30)8(15,16)9(17,18)10(19,20)11(21,22)12(23,24)13(25,26)27/h30H,2-6H2,1H3. The number of aliphatic hydroxyl groups is 1. The summed E-state index contributed by atoms with van der Waals surface area (Å²) in [6.07, 6.45) is -12.1. The van der Waals surface area contributed by atoms with E-state index in [2.05, 4.69) is 0 Å². The molecule has 0 bridgehead atoms. The molecule has 0 aliphatic heterocycles. The fraction of sp³-hybridized carbons (Fsp3) is 1.00. The molecule has 0 amide bonds. The topological polar surface area (TPSA) is 57.6 Å². The summed E-state index contributed by atoms with van der Waals surface area (Å²) in [5.74, 6) is -41.0.